The minimum atomic E-state index is 0.373. The van der Waals surface area contributed by atoms with E-state index in [4.69, 9.17) is 4.42 Å². The van der Waals surface area contributed by atoms with E-state index in [0.717, 1.165) is 55.8 Å². The summed E-state index contributed by atoms with van der Waals surface area (Å²) in [4.78, 5) is 4.04. The van der Waals surface area contributed by atoms with Crippen molar-refractivity contribution < 1.29 is 4.42 Å². The average Bonchev–Trinajstić information content (AvgIpc) is 3.55. The number of hydrogen-bond acceptors (Lipinski definition) is 5. The molecule has 7 aromatic carbocycles. The molecule has 0 saturated heterocycles. The zero-order chi connectivity index (χ0) is 33.2. The van der Waals surface area contributed by atoms with Gasteiger partial charge in [-0.1, -0.05) is 97.1 Å². The number of anilines is 6. The van der Waals surface area contributed by atoms with Crippen LogP contribution in [0, 0.1) is 22.7 Å². The van der Waals surface area contributed by atoms with Crippen LogP contribution in [-0.2, 0) is 0 Å². The molecule has 0 atom stereocenters. The van der Waals surface area contributed by atoms with Crippen LogP contribution in [0.5, 0.6) is 0 Å². The second kappa shape index (κ2) is 12.6. The van der Waals surface area contributed by atoms with Crippen LogP contribution in [-0.4, -0.2) is 0 Å². The summed E-state index contributed by atoms with van der Waals surface area (Å²) >= 11 is 0. The van der Waals surface area contributed by atoms with Crippen LogP contribution in [0.4, 0.5) is 34.1 Å². The minimum absolute atomic E-state index is 0.373. The largest absolute Gasteiger partial charge is 0.456 e. The van der Waals surface area contributed by atoms with E-state index in [1.54, 1.807) is 0 Å². The molecule has 0 spiro atoms. The first-order valence-electron chi connectivity index (χ1n) is 16.0. The predicted octanol–water partition coefficient (Wildman–Crippen LogP) is 11.9. The summed E-state index contributed by atoms with van der Waals surface area (Å²) < 4.78 is 6.29. The molecule has 0 unspecified atom stereocenters. The molecular formula is C44H28N4O. The summed E-state index contributed by atoms with van der Waals surface area (Å²) in [5.41, 5.74) is 9.13. The maximum Gasteiger partial charge on any atom is 0.137 e. The van der Waals surface area contributed by atoms with E-state index >= 15 is 0 Å². The first-order valence-corrected chi connectivity index (χ1v) is 16.0. The van der Waals surface area contributed by atoms with E-state index in [-0.39, 0.29) is 0 Å². The fourth-order valence-electron chi connectivity index (χ4n) is 6.46. The van der Waals surface area contributed by atoms with Crippen LogP contribution in [0.3, 0.4) is 0 Å². The van der Waals surface area contributed by atoms with Crippen LogP contribution in [0.2, 0.25) is 0 Å². The number of benzene rings is 7. The molecule has 0 bridgehead atoms. The molecule has 1 aromatic heterocycles. The number of para-hydroxylation sites is 3. The number of nitrogens with zero attached hydrogens (tertiary/aromatic N) is 4. The lowest BCUT2D eigenvalue weighted by atomic mass is 10.0. The number of hydrogen-bond donors (Lipinski definition) is 0. The third-order valence-corrected chi connectivity index (χ3v) is 8.70. The Morgan fingerprint density at radius 2 is 0.878 bits per heavy atom. The molecule has 0 saturated carbocycles. The zero-order valence-electron chi connectivity index (χ0n) is 26.4. The minimum Gasteiger partial charge on any atom is -0.456 e. The summed E-state index contributed by atoms with van der Waals surface area (Å²) in [6, 6.07) is 60.9. The van der Waals surface area contributed by atoms with Crippen LogP contribution in [0.1, 0.15) is 11.1 Å². The fourth-order valence-corrected chi connectivity index (χ4v) is 6.46. The van der Waals surface area contributed by atoms with Gasteiger partial charge in [-0.3, -0.25) is 0 Å². The van der Waals surface area contributed by atoms with Gasteiger partial charge in [0.2, 0.25) is 0 Å². The van der Waals surface area contributed by atoms with Gasteiger partial charge < -0.3 is 14.2 Å². The highest BCUT2D eigenvalue weighted by Gasteiger charge is 2.24. The molecular weight excluding hydrogens is 601 g/mol. The lowest BCUT2D eigenvalue weighted by Gasteiger charge is -2.30. The summed E-state index contributed by atoms with van der Waals surface area (Å²) in [7, 11) is 0. The first kappa shape index (κ1) is 29.3. The van der Waals surface area contributed by atoms with Crippen LogP contribution in [0.25, 0.3) is 33.1 Å². The van der Waals surface area contributed by atoms with Crippen LogP contribution >= 0.6 is 0 Å². The molecule has 8 aromatic rings. The molecule has 0 aliphatic rings. The molecule has 5 nitrogen and oxygen atoms in total. The van der Waals surface area contributed by atoms with Gasteiger partial charge in [0.25, 0.3) is 0 Å². The smallest absolute Gasteiger partial charge is 0.137 e. The molecule has 0 aliphatic heterocycles. The summed E-state index contributed by atoms with van der Waals surface area (Å²) in [5.74, 6) is 0. The van der Waals surface area contributed by atoms with E-state index in [9.17, 15) is 10.5 Å². The van der Waals surface area contributed by atoms with Crippen molar-refractivity contribution in [1.29, 1.82) is 10.5 Å². The van der Waals surface area contributed by atoms with E-state index < -0.39 is 0 Å². The van der Waals surface area contributed by atoms with E-state index in [0.29, 0.717) is 22.5 Å². The van der Waals surface area contributed by atoms with Crippen molar-refractivity contribution in [2.75, 3.05) is 9.80 Å². The Morgan fingerprint density at radius 3 is 1.49 bits per heavy atom. The Hall–Kier alpha value is -7.08. The van der Waals surface area contributed by atoms with Crippen LogP contribution < -0.4 is 9.80 Å². The van der Waals surface area contributed by atoms with Crippen molar-refractivity contribution >= 4 is 56.1 Å². The zero-order valence-corrected chi connectivity index (χ0v) is 26.4. The monoisotopic (exact) mass is 628 g/mol. The number of furan rings is 1. The number of nitriles is 2. The van der Waals surface area contributed by atoms with Gasteiger partial charge in [0.15, 0.2) is 0 Å². The summed E-state index contributed by atoms with van der Waals surface area (Å²) in [5, 5.41) is 23.5. The highest BCUT2D eigenvalue weighted by molar-refractivity contribution is 6.06. The third kappa shape index (κ3) is 5.42. The Bertz CT molecular complexity index is 2440. The highest BCUT2D eigenvalue weighted by Crippen LogP contribution is 2.44. The Balaban J connectivity index is 1.33. The van der Waals surface area contributed by atoms with Gasteiger partial charge in [0, 0.05) is 45.3 Å². The molecule has 0 aliphatic carbocycles. The third-order valence-electron chi connectivity index (χ3n) is 8.70. The highest BCUT2D eigenvalue weighted by atomic mass is 16.3. The van der Waals surface area contributed by atoms with Gasteiger partial charge >= 0.3 is 0 Å². The summed E-state index contributed by atoms with van der Waals surface area (Å²) in [6.07, 6.45) is 0. The number of fused-ring (bicyclic) bond motifs is 3. The quantitative estimate of drug-likeness (QED) is 0.176. The average molecular weight is 629 g/mol. The molecule has 8 rings (SSSR count). The normalized spacial score (nSPS) is 10.8. The van der Waals surface area contributed by atoms with Crippen molar-refractivity contribution in [3.8, 4) is 23.3 Å². The fraction of sp³-hybridized carbons (Fsp3) is 0. The van der Waals surface area contributed by atoms with Crippen molar-refractivity contribution in [1.82, 2.24) is 0 Å². The first-order chi connectivity index (χ1) is 24.2. The van der Waals surface area contributed by atoms with Crippen molar-refractivity contribution in [3.63, 3.8) is 0 Å². The van der Waals surface area contributed by atoms with Crippen molar-refractivity contribution in [2.24, 2.45) is 0 Å². The number of rotatable bonds is 7. The molecule has 49 heavy (non-hydrogen) atoms. The van der Waals surface area contributed by atoms with Crippen molar-refractivity contribution in [3.05, 3.63) is 181 Å². The van der Waals surface area contributed by atoms with E-state index in [1.165, 1.54) is 0 Å². The van der Waals surface area contributed by atoms with Gasteiger partial charge in [-0.25, -0.2) is 0 Å². The Kier molecular flexibility index (Phi) is 7.55. The Labute approximate surface area is 284 Å². The van der Waals surface area contributed by atoms with Gasteiger partial charge in [-0.15, -0.1) is 0 Å². The summed E-state index contributed by atoms with van der Waals surface area (Å²) in [6.45, 7) is 0. The van der Waals surface area contributed by atoms with Gasteiger partial charge in [-0.2, -0.15) is 10.5 Å². The lowest BCUT2D eigenvalue weighted by molar-refractivity contribution is 0.669. The van der Waals surface area contributed by atoms with E-state index in [2.05, 4.69) is 71.6 Å². The Morgan fingerprint density at radius 1 is 0.388 bits per heavy atom. The topological polar surface area (TPSA) is 67.2 Å². The predicted molar refractivity (Wildman–Crippen MR) is 198 cm³/mol. The van der Waals surface area contributed by atoms with Crippen LogP contribution in [0.15, 0.2) is 174 Å². The second-order valence-corrected chi connectivity index (χ2v) is 11.6. The van der Waals surface area contributed by atoms with Gasteiger partial charge in [0.05, 0.1) is 16.8 Å². The molecule has 5 heteroatoms. The van der Waals surface area contributed by atoms with Gasteiger partial charge in [-0.05, 0) is 77.9 Å². The molecule has 0 amide bonds. The van der Waals surface area contributed by atoms with Gasteiger partial charge in [0.1, 0.15) is 23.3 Å². The van der Waals surface area contributed by atoms with Crippen molar-refractivity contribution in [2.45, 2.75) is 0 Å². The SMILES string of the molecule is N#Cc1cc(N(c2ccc(-c3ccccc3)cc2)c2ccc3c(c2)oc2ccccc23)cc(C#N)c1N(c1ccccc1)c1ccccc1. The molecule has 0 N–H and O–H groups in total. The molecule has 1 heterocycles. The van der Waals surface area contributed by atoms with E-state index in [1.807, 2.05) is 120 Å². The maximum absolute atomic E-state index is 10.7. The second-order valence-electron chi connectivity index (χ2n) is 11.6. The maximum atomic E-state index is 10.7. The molecule has 0 fully saturated rings. The standard InChI is InChI=1S/C44H28N4O/c45-29-33-26-39(27-34(30-46)44(33)48(35-14-6-2-7-15-35)36-16-8-3-9-17-36)47(37-22-20-32(21-23-37)31-12-4-1-5-13-31)38-24-25-41-40-18-10-11-19-42(40)49-43(41)28-38/h1-28H. The lowest BCUT2D eigenvalue weighted by Crippen LogP contribution is -2.15. The molecule has 0 radical (unpaired) electrons. The molecule has 230 valence electrons.